The number of rotatable bonds is 11. The highest BCUT2D eigenvalue weighted by Crippen LogP contribution is 2.20. The van der Waals surface area contributed by atoms with Gasteiger partial charge in [-0.05, 0) is 37.1 Å². The number of guanidine groups is 1. The summed E-state index contributed by atoms with van der Waals surface area (Å²) in [7, 11) is 0.0553. The molecule has 2 aromatic carbocycles. The molecule has 0 saturated heterocycles. The van der Waals surface area contributed by atoms with Crippen molar-refractivity contribution in [1.82, 2.24) is 10.6 Å². The van der Waals surface area contributed by atoms with Crippen LogP contribution in [0.5, 0.6) is 5.75 Å². The van der Waals surface area contributed by atoms with Crippen LogP contribution in [0.15, 0.2) is 58.4 Å². The van der Waals surface area contributed by atoms with Crippen molar-refractivity contribution >= 4 is 39.8 Å². The van der Waals surface area contributed by atoms with Gasteiger partial charge in [0.1, 0.15) is 12.4 Å². The summed E-state index contributed by atoms with van der Waals surface area (Å²) in [5.41, 5.74) is 2.12. The van der Waals surface area contributed by atoms with E-state index >= 15 is 0 Å². The molecule has 0 unspecified atom stereocenters. The molecule has 0 heterocycles. The Balaban J connectivity index is 0.00000480. The SMILES string of the molecule is CN=C(NCCCS(=O)(=O)c1ccccc1)NCc1ccc(C)cc1OCCOC.I. The summed E-state index contributed by atoms with van der Waals surface area (Å²) in [4.78, 5) is 4.56. The molecule has 0 aromatic heterocycles. The molecular weight excluding hydrogens is 529 g/mol. The first-order valence-corrected chi connectivity index (χ1v) is 11.5. The van der Waals surface area contributed by atoms with Gasteiger partial charge in [-0.15, -0.1) is 24.0 Å². The molecule has 0 atom stereocenters. The smallest absolute Gasteiger partial charge is 0.191 e. The van der Waals surface area contributed by atoms with Crippen molar-refractivity contribution in [1.29, 1.82) is 0 Å². The van der Waals surface area contributed by atoms with Crippen molar-refractivity contribution in [2.45, 2.75) is 24.8 Å². The molecule has 31 heavy (non-hydrogen) atoms. The van der Waals surface area contributed by atoms with E-state index in [0.717, 1.165) is 16.9 Å². The lowest BCUT2D eigenvalue weighted by molar-refractivity contribution is 0.145. The fourth-order valence-corrected chi connectivity index (χ4v) is 4.12. The van der Waals surface area contributed by atoms with Crippen molar-refractivity contribution in [3.05, 3.63) is 59.7 Å². The first kappa shape index (κ1) is 27.2. The van der Waals surface area contributed by atoms with E-state index in [-0.39, 0.29) is 29.7 Å². The molecule has 0 radical (unpaired) electrons. The number of sulfone groups is 1. The zero-order chi connectivity index (χ0) is 21.8. The zero-order valence-electron chi connectivity index (χ0n) is 18.3. The van der Waals surface area contributed by atoms with Gasteiger partial charge in [-0.1, -0.05) is 30.3 Å². The Hall–Kier alpha value is -1.85. The van der Waals surface area contributed by atoms with Crippen molar-refractivity contribution in [2.24, 2.45) is 4.99 Å². The largest absolute Gasteiger partial charge is 0.491 e. The highest BCUT2D eigenvalue weighted by atomic mass is 127. The van der Waals surface area contributed by atoms with Crippen LogP contribution in [0.3, 0.4) is 0 Å². The summed E-state index contributed by atoms with van der Waals surface area (Å²) in [5.74, 6) is 1.50. The van der Waals surface area contributed by atoms with Gasteiger partial charge in [0, 0.05) is 32.8 Å². The molecule has 0 aliphatic rings. The Kier molecular flexibility index (Phi) is 12.5. The Bertz CT molecular complexity index is 922. The van der Waals surface area contributed by atoms with E-state index in [4.69, 9.17) is 9.47 Å². The van der Waals surface area contributed by atoms with Crippen LogP contribution in [0.1, 0.15) is 17.5 Å². The van der Waals surface area contributed by atoms with Crippen LogP contribution in [0.4, 0.5) is 0 Å². The topological polar surface area (TPSA) is 89.0 Å². The second-order valence-corrected chi connectivity index (χ2v) is 8.90. The average Bonchev–Trinajstić information content (AvgIpc) is 2.75. The van der Waals surface area contributed by atoms with Crippen LogP contribution in [0.2, 0.25) is 0 Å². The number of hydrogen-bond acceptors (Lipinski definition) is 5. The maximum Gasteiger partial charge on any atom is 0.191 e. The van der Waals surface area contributed by atoms with Gasteiger partial charge in [0.15, 0.2) is 15.8 Å². The van der Waals surface area contributed by atoms with Gasteiger partial charge >= 0.3 is 0 Å². The highest BCUT2D eigenvalue weighted by Gasteiger charge is 2.13. The van der Waals surface area contributed by atoms with E-state index < -0.39 is 9.84 Å². The van der Waals surface area contributed by atoms with E-state index in [1.54, 1.807) is 44.5 Å². The first-order valence-electron chi connectivity index (χ1n) is 9.90. The molecule has 0 amide bonds. The maximum atomic E-state index is 12.3. The molecule has 2 N–H and O–H groups in total. The zero-order valence-corrected chi connectivity index (χ0v) is 21.4. The minimum absolute atomic E-state index is 0. The molecule has 0 bridgehead atoms. The summed E-state index contributed by atoms with van der Waals surface area (Å²) in [6.07, 6.45) is 0.480. The van der Waals surface area contributed by atoms with Gasteiger partial charge < -0.3 is 20.1 Å². The number of methoxy groups -OCH3 is 1. The number of ether oxygens (including phenoxy) is 2. The number of halogens is 1. The first-order chi connectivity index (χ1) is 14.5. The predicted molar refractivity (Wildman–Crippen MR) is 135 cm³/mol. The number of aryl methyl sites for hydroxylation is 1. The normalized spacial score (nSPS) is 11.5. The maximum absolute atomic E-state index is 12.3. The molecule has 0 fully saturated rings. The molecular formula is C22H32IN3O4S. The minimum atomic E-state index is -3.27. The predicted octanol–water partition coefficient (Wildman–Crippen LogP) is 3.17. The van der Waals surface area contributed by atoms with Gasteiger partial charge in [0.05, 0.1) is 17.3 Å². The molecule has 0 aliphatic heterocycles. The van der Waals surface area contributed by atoms with Crippen LogP contribution < -0.4 is 15.4 Å². The fourth-order valence-electron chi connectivity index (χ4n) is 2.79. The third kappa shape index (κ3) is 9.44. The van der Waals surface area contributed by atoms with Crippen molar-refractivity contribution in [3.63, 3.8) is 0 Å². The van der Waals surface area contributed by atoms with Crippen LogP contribution in [0, 0.1) is 6.92 Å². The monoisotopic (exact) mass is 561 g/mol. The van der Waals surface area contributed by atoms with E-state index in [1.807, 2.05) is 25.1 Å². The van der Waals surface area contributed by atoms with Gasteiger partial charge in [0.25, 0.3) is 0 Å². The summed E-state index contributed by atoms with van der Waals surface area (Å²) >= 11 is 0. The molecule has 0 aliphatic carbocycles. The quantitative estimate of drug-likeness (QED) is 0.190. The third-order valence-corrected chi connectivity index (χ3v) is 6.24. The second kappa shape index (κ2) is 14.3. The number of aliphatic imine (C=N–C) groups is 1. The van der Waals surface area contributed by atoms with Gasteiger partial charge in [-0.3, -0.25) is 4.99 Å². The van der Waals surface area contributed by atoms with E-state index in [0.29, 0.717) is 43.6 Å². The molecule has 172 valence electrons. The molecule has 9 heteroatoms. The third-order valence-electron chi connectivity index (χ3n) is 4.42. The molecule has 0 spiro atoms. The number of benzene rings is 2. The summed E-state index contributed by atoms with van der Waals surface area (Å²) in [6, 6.07) is 14.6. The Morgan fingerprint density at radius 2 is 1.81 bits per heavy atom. The van der Waals surface area contributed by atoms with Crippen LogP contribution in [-0.2, 0) is 21.1 Å². The molecule has 2 rings (SSSR count). The highest BCUT2D eigenvalue weighted by molar-refractivity contribution is 14.0. The number of hydrogen-bond donors (Lipinski definition) is 2. The Morgan fingerprint density at radius 1 is 1.06 bits per heavy atom. The lowest BCUT2D eigenvalue weighted by Crippen LogP contribution is -2.37. The summed E-state index contributed by atoms with van der Waals surface area (Å²) in [5, 5.41) is 6.40. The summed E-state index contributed by atoms with van der Waals surface area (Å²) < 4.78 is 35.5. The molecule has 2 aromatic rings. The van der Waals surface area contributed by atoms with Gasteiger partial charge in [-0.2, -0.15) is 0 Å². The average molecular weight is 561 g/mol. The van der Waals surface area contributed by atoms with Gasteiger partial charge in [0.2, 0.25) is 0 Å². The van der Waals surface area contributed by atoms with Crippen molar-refractivity contribution in [2.75, 3.05) is 39.7 Å². The fraction of sp³-hybridized carbons (Fsp3) is 0.409. The van der Waals surface area contributed by atoms with Crippen LogP contribution in [0.25, 0.3) is 0 Å². The number of nitrogens with zero attached hydrogens (tertiary/aromatic N) is 1. The second-order valence-electron chi connectivity index (χ2n) is 6.79. The Morgan fingerprint density at radius 3 is 2.48 bits per heavy atom. The lowest BCUT2D eigenvalue weighted by Gasteiger charge is -2.15. The van der Waals surface area contributed by atoms with E-state index in [9.17, 15) is 8.42 Å². The van der Waals surface area contributed by atoms with Gasteiger partial charge in [-0.25, -0.2) is 8.42 Å². The van der Waals surface area contributed by atoms with Crippen LogP contribution in [-0.4, -0.2) is 54.0 Å². The van der Waals surface area contributed by atoms with E-state index in [2.05, 4.69) is 15.6 Å². The van der Waals surface area contributed by atoms with E-state index in [1.165, 1.54) is 0 Å². The molecule has 7 nitrogen and oxygen atoms in total. The minimum Gasteiger partial charge on any atom is -0.491 e. The van der Waals surface area contributed by atoms with Crippen molar-refractivity contribution in [3.8, 4) is 5.75 Å². The summed E-state index contributed by atoms with van der Waals surface area (Å²) in [6.45, 7) is 4.05. The number of nitrogens with one attached hydrogen (secondary N) is 2. The van der Waals surface area contributed by atoms with Crippen LogP contribution >= 0.6 is 24.0 Å². The standard InChI is InChI=1S/C22H31N3O4S.HI/c1-18-10-11-19(21(16-18)29-14-13-28-3)17-25-22(23-2)24-12-7-15-30(26,27)20-8-5-4-6-9-20;/h4-6,8-11,16H,7,12-15,17H2,1-3H3,(H2,23,24,25);1H. The Labute approximate surface area is 202 Å². The molecule has 0 saturated carbocycles. The lowest BCUT2D eigenvalue weighted by atomic mass is 10.1. The van der Waals surface area contributed by atoms with Crippen molar-refractivity contribution < 1.29 is 17.9 Å².